The standard InChI is InChI=1S/C15H25IN2O2/c1-15(2,3)20-14(19)18-10-4-5-13(17)11-6-8-12(16)9-7-11/h6,8-9,11,13H,4-5,7,10,17H2,1-3H3,(H,18,19)/t11?,13-/m0/s1. The van der Waals surface area contributed by atoms with Crippen LogP contribution in [0.3, 0.4) is 0 Å². The molecule has 0 saturated carbocycles. The van der Waals surface area contributed by atoms with Crippen molar-refractivity contribution < 1.29 is 9.53 Å². The van der Waals surface area contributed by atoms with E-state index in [9.17, 15) is 4.79 Å². The number of carbonyl (C=O) groups excluding carboxylic acids is 1. The maximum Gasteiger partial charge on any atom is 0.407 e. The highest BCUT2D eigenvalue weighted by atomic mass is 127. The molecule has 20 heavy (non-hydrogen) atoms. The van der Waals surface area contributed by atoms with Gasteiger partial charge in [0.25, 0.3) is 0 Å². The Morgan fingerprint density at radius 2 is 2.30 bits per heavy atom. The van der Waals surface area contributed by atoms with Crippen LogP contribution in [0.2, 0.25) is 0 Å². The SMILES string of the molecule is CC(C)(C)OC(=O)NCCC[C@H](N)C1C=CC(I)=CC1. The van der Waals surface area contributed by atoms with Crippen LogP contribution in [0, 0.1) is 5.92 Å². The van der Waals surface area contributed by atoms with Crippen LogP contribution in [-0.4, -0.2) is 24.3 Å². The first-order chi connectivity index (χ1) is 9.28. The van der Waals surface area contributed by atoms with Crippen LogP contribution >= 0.6 is 22.6 Å². The highest BCUT2D eigenvalue weighted by molar-refractivity contribution is 14.1. The molecule has 0 radical (unpaired) electrons. The summed E-state index contributed by atoms with van der Waals surface area (Å²) < 4.78 is 6.45. The van der Waals surface area contributed by atoms with Crippen LogP contribution in [0.4, 0.5) is 4.79 Å². The van der Waals surface area contributed by atoms with E-state index in [2.05, 4.69) is 46.1 Å². The molecule has 0 heterocycles. The van der Waals surface area contributed by atoms with E-state index in [0.717, 1.165) is 19.3 Å². The van der Waals surface area contributed by atoms with Crippen molar-refractivity contribution in [3.8, 4) is 0 Å². The van der Waals surface area contributed by atoms with Gasteiger partial charge >= 0.3 is 6.09 Å². The molecule has 1 aliphatic rings. The largest absolute Gasteiger partial charge is 0.444 e. The van der Waals surface area contributed by atoms with Crippen LogP contribution in [0.5, 0.6) is 0 Å². The lowest BCUT2D eigenvalue weighted by Gasteiger charge is -2.22. The molecular formula is C15H25IN2O2. The summed E-state index contributed by atoms with van der Waals surface area (Å²) in [5, 5.41) is 2.76. The number of carbonyl (C=O) groups is 1. The number of ether oxygens (including phenoxy) is 1. The Balaban J connectivity index is 2.15. The third-order valence-electron chi connectivity index (χ3n) is 3.02. The molecule has 1 rings (SSSR count). The Bertz CT molecular complexity index is 386. The van der Waals surface area contributed by atoms with Crippen molar-refractivity contribution in [3.63, 3.8) is 0 Å². The lowest BCUT2D eigenvalue weighted by Crippen LogP contribution is -2.34. The Labute approximate surface area is 135 Å². The number of allylic oxidation sites excluding steroid dienone is 3. The molecule has 1 unspecified atom stereocenters. The Hall–Kier alpha value is -0.560. The second-order valence-corrected chi connectivity index (χ2v) is 7.33. The average Bonchev–Trinajstić information content (AvgIpc) is 2.33. The first kappa shape index (κ1) is 17.5. The highest BCUT2D eigenvalue weighted by Gasteiger charge is 2.17. The summed E-state index contributed by atoms with van der Waals surface area (Å²) in [6.07, 6.45) is 8.93. The maximum absolute atomic E-state index is 11.5. The van der Waals surface area contributed by atoms with E-state index in [0.29, 0.717) is 12.5 Å². The zero-order chi connectivity index (χ0) is 15.2. The smallest absolute Gasteiger partial charge is 0.407 e. The normalized spacial score (nSPS) is 20.2. The van der Waals surface area contributed by atoms with Crippen molar-refractivity contribution in [1.82, 2.24) is 5.32 Å². The van der Waals surface area contributed by atoms with Crippen molar-refractivity contribution in [1.29, 1.82) is 0 Å². The summed E-state index contributed by atoms with van der Waals surface area (Å²) in [6.45, 7) is 6.17. The summed E-state index contributed by atoms with van der Waals surface area (Å²) in [7, 11) is 0. The molecule has 0 aliphatic heterocycles. The van der Waals surface area contributed by atoms with E-state index in [1.54, 1.807) is 0 Å². The fourth-order valence-electron chi connectivity index (χ4n) is 1.98. The van der Waals surface area contributed by atoms with E-state index in [-0.39, 0.29) is 12.1 Å². The molecule has 1 aliphatic carbocycles. The molecule has 0 aromatic heterocycles. The third-order valence-corrected chi connectivity index (χ3v) is 3.82. The molecule has 0 aromatic rings. The molecule has 0 fully saturated rings. The van der Waals surface area contributed by atoms with Gasteiger partial charge in [-0.15, -0.1) is 0 Å². The highest BCUT2D eigenvalue weighted by Crippen LogP contribution is 2.23. The fraction of sp³-hybridized carbons (Fsp3) is 0.667. The molecule has 5 heteroatoms. The quantitative estimate of drug-likeness (QED) is 0.556. The van der Waals surface area contributed by atoms with Crippen LogP contribution in [0.1, 0.15) is 40.0 Å². The lowest BCUT2D eigenvalue weighted by molar-refractivity contribution is 0.0526. The predicted molar refractivity (Wildman–Crippen MR) is 90.8 cm³/mol. The summed E-state index contributed by atoms with van der Waals surface area (Å²) in [6, 6.07) is 0.146. The molecule has 4 nitrogen and oxygen atoms in total. The van der Waals surface area contributed by atoms with Gasteiger partial charge in [-0.3, -0.25) is 0 Å². The van der Waals surface area contributed by atoms with E-state index < -0.39 is 5.60 Å². The van der Waals surface area contributed by atoms with Crippen molar-refractivity contribution in [2.24, 2.45) is 11.7 Å². The minimum Gasteiger partial charge on any atom is -0.444 e. The second kappa shape index (κ2) is 8.02. The van der Waals surface area contributed by atoms with Gasteiger partial charge in [0, 0.05) is 16.2 Å². The van der Waals surface area contributed by atoms with E-state index in [4.69, 9.17) is 10.5 Å². The number of amides is 1. The van der Waals surface area contributed by atoms with E-state index >= 15 is 0 Å². The van der Waals surface area contributed by atoms with Gasteiger partial charge in [0.05, 0.1) is 0 Å². The molecule has 0 bridgehead atoms. The minimum atomic E-state index is -0.448. The van der Waals surface area contributed by atoms with Crippen LogP contribution in [0.25, 0.3) is 0 Å². The predicted octanol–water partition coefficient (Wildman–Crippen LogP) is 3.51. The second-order valence-electron chi connectivity index (χ2n) is 6.08. The Morgan fingerprint density at radius 3 is 2.85 bits per heavy atom. The number of nitrogens with one attached hydrogen (secondary N) is 1. The maximum atomic E-state index is 11.5. The van der Waals surface area contributed by atoms with Gasteiger partial charge in [-0.1, -0.05) is 18.2 Å². The zero-order valence-electron chi connectivity index (χ0n) is 12.5. The number of rotatable bonds is 5. The van der Waals surface area contributed by atoms with Gasteiger partial charge in [-0.2, -0.15) is 0 Å². The number of nitrogens with two attached hydrogens (primary N) is 1. The minimum absolute atomic E-state index is 0.146. The summed E-state index contributed by atoms with van der Waals surface area (Å²) in [4.78, 5) is 11.5. The molecule has 114 valence electrons. The fourth-order valence-corrected chi connectivity index (χ4v) is 2.45. The van der Waals surface area contributed by atoms with E-state index in [1.807, 2.05) is 20.8 Å². The number of hydrogen-bond acceptors (Lipinski definition) is 3. The monoisotopic (exact) mass is 392 g/mol. The molecule has 1 amide bonds. The van der Waals surface area contributed by atoms with E-state index in [1.165, 1.54) is 3.58 Å². The molecule has 0 spiro atoms. The first-order valence-electron chi connectivity index (χ1n) is 7.04. The van der Waals surface area contributed by atoms with Gasteiger partial charge in [-0.05, 0) is 68.5 Å². The Kier molecular flexibility index (Phi) is 7.02. The molecule has 2 atom stereocenters. The average molecular weight is 392 g/mol. The summed E-state index contributed by atoms with van der Waals surface area (Å²) in [5.41, 5.74) is 5.74. The first-order valence-corrected chi connectivity index (χ1v) is 8.12. The third kappa shape index (κ3) is 7.28. The topological polar surface area (TPSA) is 64.3 Å². The van der Waals surface area contributed by atoms with Gasteiger partial charge in [0.15, 0.2) is 0 Å². The van der Waals surface area contributed by atoms with Crippen LogP contribution in [0.15, 0.2) is 21.8 Å². The summed E-state index contributed by atoms with van der Waals surface area (Å²) >= 11 is 2.31. The number of halogens is 1. The van der Waals surface area contributed by atoms with Crippen LogP contribution < -0.4 is 11.1 Å². The molecule has 3 N–H and O–H groups in total. The Morgan fingerprint density at radius 1 is 1.60 bits per heavy atom. The van der Waals surface area contributed by atoms with Crippen LogP contribution in [-0.2, 0) is 4.74 Å². The van der Waals surface area contributed by atoms with Gasteiger partial charge in [-0.25, -0.2) is 4.79 Å². The zero-order valence-corrected chi connectivity index (χ0v) is 14.6. The van der Waals surface area contributed by atoms with Gasteiger partial charge in [0.1, 0.15) is 5.60 Å². The molecule has 0 aromatic carbocycles. The lowest BCUT2D eigenvalue weighted by atomic mass is 9.90. The number of hydrogen-bond donors (Lipinski definition) is 2. The number of alkyl carbamates (subject to hydrolysis) is 1. The molecule has 0 saturated heterocycles. The van der Waals surface area contributed by atoms with Crippen molar-refractivity contribution >= 4 is 28.7 Å². The molecular weight excluding hydrogens is 367 g/mol. The van der Waals surface area contributed by atoms with Crippen molar-refractivity contribution in [3.05, 3.63) is 21.8 Å². The van der Waals surface area contributed by atoms with Crippen molar-refractivity contribution in [2.45, 2.75) is 51.7 Å². The van der Waals surface area contributed by atoms with Gasteiger partial charge in [0.2, 0.25) is 0 Å². The van der Waals surface area contributed by atoms with Crippen molar-refractivity contribution in [2.75, 3.05) is 6.54 Å². The summed E-state index contributed by atoms with van der Waals surface area (Å²) in [5.74, 6) is 0.412. The van der Waals surface area contributed by atoms with Gasteiger partial charge < -0.3 is 15.8 Å².